The van der Waals surface area contributed by atoms with Crippen molar-refractivity contribution in [2.75, 3.05) is 67.6 Å². The van der Waals surface area contributed by atoms with Crippen LogP contribution in [0, 0.1) is 12.3 Å². The summed E-state index contributed by atoms with van der Waals surface area (Å²) in [4.78, 5) is 44.0. The molecule has 13 heteroatoms. The first-order valence-corrected chi connectivity index (χ1v) is 15.7. The third-order valence-electron chi connectivity index (χ3n) is 6.24. The summed E-state index contributed by atoms with van der Waals surface area (Å²) in [6, 6.07) is 19.5. The minimum Gasteiger partial charge on any atom is -0.388 e. The van der Waals surface area contributed by atoms with E-state index in [4.69, 9.17) is 12.2 Å². The number of carbonyl (C=O) groups excluding carboxylic acids is 3. The average Bonchev–Trinajstić information content (AvgIpc) is 3.85. The van der Waals surface area contributed by atoms with Gasteiger partial charge in [-0.1, -0.05) is 26.7 Å². The number of anilines is 4. The lowest BCUT2D eigenvalue weighted by Gasteiger charge is -2.12. The second-order valence-electron chi connectivity index (χ2n) is 9.65. The zero-order valence-electron chi connectivity index (χ0n) is 27.9. The van der Waals surface area contributed by atoms with Crippen LogP contribution in [-0.2, 0) is 4.79 Å². The van der Waals surface area contributed by atoms with E-state index in [0.717, 1.165) is 61.2 Å². The van der Waals surface area contributed by atoms with Gasteiger partial charge in [0.25, 0.3) is 5.91 Å². The Labute approximate surface area is 282 Å². The summed E-state index contributed by atoms with van der Waals surface area (Å²) < 4.78 is 0. The van der Waals surface area contributed by atoms with Gasteiger partial charge in [0, 0.05) is 59.6 Å². The Hall–Kier alpha value is -5.87. The molecule has 3 aromatic rings. The van der Waals surface area contributed by atoms with Crippen LogP contribution in [0.15, 0.2) is 76.7 Å². The topological polar surface area (TPSA) is 186 Å². The van der Waals surface area contributed by atoms with E-state index in [1.54, 1.807) is 12.1 Å². The Kier molecular flexibility index (Phi) is 17.4. The number of nitrogens with two attached hydrogens (primary N) is 1. The molecule has 0 aliphatic carbocycles. The summed E-state index contributed by atoms with van der Waals surface area (Å²) in [5.41, 5.74) is 9.58. The molecule has 5 rings (SSSR count). The van der Waals surface area contributed by atoms with E-state index in [-0.39, 0.29) is 12.1 Å². The highest BCUT2D eigenvalue weighted by Gasteiger charge is 2.12. The van der Waals surface area contributed by atoms with Gasteiger partial charge in [-0.05, 0) is 73.3 Å². The summed E-state index contributed by atoms with van der Waals surface area (Å²) in [6.45, 7) is 10.1. The van der Waals surface area contributed by atoms with Crippen LogP contribution in [-0.4, -0.2) is 76.3 Å². The smallest absolute Gasteiger partial charge is 0.323 e. The first-order chi connectivity index (χ1) is 23.4. The lowest BCUT2D eigenvalue weighted by molar-refractivity contribution is -0.105. The van der Waals surface area contributed by atoms with Crippen LogP contribution >= 0.6 is 0 Å². The normalized spacial score (nSPS) is 12.1. The average molecular weight is 655 g/mol. The lowest BCUT2D eigenvalue weighted by Crippen LogP contribution is -2.24. The monoisotopic (exact) mass is 654 g/mol. The zero-order valence-corrected chi connectivity index (χ0v) is 27.9. The number of rotatable bonds is 9. The van der Waals surface area contributed by atoms with Gasteiger partial charge in [0.2, 0.25) is 6.41 Å². The van der Waals surface area contributed by atoms with E-state index >= 15 is 0 Å². The molecule has 0 spiro atoms. The quantitative estimate of drug-likeness (QED) is 0.128. The maximum absolute atomic E-state index is 12.4. The molecule has 0 unspecified atom stereocenters. The van der Waals surface area contributed by atoms with Crippen LogP contribution in [0.5, 0.6) is 0 Å². The predicted molar refractivity (Wildman–Crippen MR) is 197 cm³/mol. The van der Waals surface area contributed by atoms with E-state index in [2.05, 4.69) is 77.4 Å². The molecule has 254 valence electrons. The van der Waals surface area contributed by atoms with Gasteiger partial charge in [-0.3, -0.25) is 19.6 Å². The Balaban J connectivity index is 0.000000367. The van der Waals surface area contributed by atoms with Gasteiger partial charge in [0.1, 0.15) is 11.7 Å². The number of amides is 4. The van der Waals surface area contributed by atoms with Crippen molar-refractivity contribution in [3.05, 3.63) is 83.4 Å². The number of nitrogens with one attached hydrogen (secondary N) is 7. The zero-order chi connectivity index (χ0) is 35.1. The highest BCUT2D eigenvalue weighted by molar-refractivity contribution is 6.04. The maximum Gasteiger partial charge on any atom is 0.323 e. The standard InChI is InChI=1S/C21H20N6O3.C10H13N3.C2H7N.C2H6/c1-2-7-24-20(29)15-10-17(25-13-28)12-18(11-15)27-21(30)26-16-5-3-14(4-6-16)19-22-8-9-23-19;1-11-9-4-2-8(3-5-9)10-12-6-7-13-10;1-2-3;1-2/h1,3-6,10-13H,7-9H2,(H,22,23)(H,24,29)(H,25,28)(H2,26,27,30);2-5,11H,6-7H2,1H3,(H,12,13);2-3H2,1H3;1-2H3. The minimum absolute atomic E-state index is 0.0609. The van der Waals surface area contributed by atoms with Gasteiger partial charge >= 0.3 is 6.03 Å². The third-order valence-corrected chi connectivity index (χ3v) is 6.24. The molecule has 9 N–H and O–H groups in total. The van der Waals surface area contributed by atoms with Crippen LogP contribution in [0.25, 0.3) is 0 Å². The van der Waals surface area contributed by atoms with Crippen molar-refractivity contribution < 1.29 is 14.4 Å². The number of hydrogen-bond acceptors (Lipinski definition) is 9. The molecule has 0 saturated carbocycles. The van der Waals surface area contributed by atoms with Crippen LogP contribution in [0.3, 0.4) is 0 Å². The number of amidine groups is 2. The number of hydrogen-bond donors (Lipinski definition) is 8. The molecular formula is C35H46N10O3. The highest BCUT2D eigenvalue weighted by atomic mass is 16.2. The Morgan fingerprint density at radius 2 is 1.35 bits per heavy atom. The first kappa shape index (κ1) is 38.3. The van der Waals surface area contributed by atoms with E-state index in [1.807, 2.05) is 40.0 Å². The van der Waals surface area contributed by atoms with E-state index in [0.29, 0.717) is 23.5 Å². The molecular weight excluding hydrogens is 608 g/mol. The predicted octanol–water partition coefficient (Wildman–Crippen LogP) is 3.68. The van der Waals surface area contributed by atoms with E-state index in [1.165, 1.54) is 18.2 Å². The fourth-order valence-electron chi connectivity index (χ4n) is 4.20. The second kappa shape index (κ2) is 21.8. The Morgan fingerprint density at radius 1 is 0.854 bits per heavy atom. The van der Waals surface area contributed by atoms with Crippen LogP contribution in [0.2, 0.25) is 0 Å². The first-order valence-electron chi connectivity index (χ1n) is 15.7. The van der Waals surface area contributed by atoms with Crippen molar-refractivity contribution in [1.29, 1.82) is 0 Å². The molecule has 0 aromatic heterocycles. The van der Waals surface area contributed by atoms with Gasteiger partial charge in [0.15, 0.2) is 0 Å². The number of aliphatic imine (C=N–C) groups is 2. The fraction of sp³-hybridized carbons (Fsp3) is 0.286. The van der Waals surface area contributed by atoms with Gasteiger partial charge in [-0.15, -0.1) is 6.42 Å². The van der Waals surface area contributed by atoms with Crippen LogP contribution in [0.1, 0.15) is 42.3 Å². The highest BCUT2D eigenvalue weighted by Crippen LogP contribution is 2.20. The fourth-order valence-corrected chi connectivity index (χ4v) is 4.20. The molecule has 13 nitrogen and oxygen atoms in total. The number of nitrogens with zero attached hydrogens (tertiary/aromatic N) is 2. The Morgan fingerprint density at radius 3 is 1.81 bits per heavy atom. The summed E-state index contributed by atoms with van der Waals surface area (Å²) >= 11 is 0. The van der Waals surface area contributed by atoms with Gasteiger partial charge in [-0.25, -0.2) is 4.79 Å². The molecule has 2 aliphatic rings. The van der Waals surface area contributed by atoms with Crippen molar-refractivity contribution in [2.24, 2.45) is 15.7 Å². The maximum atomic E-state index is 12.4. The summed E-state index contributed by atoms with van der Waals surface area (Å²) in [7, 11) is 1.92. The summed E-state index contributed by atoms with van der Waals surface area (Å²) in [5, 5.41) is 19.9. The molecule has 48 heavy (non-hydrogen) atoms. The van der Waals surface area contributed by atoms with Gasteiger partial charge in [0.05, 0.1) is 19.6 Å². The van der Waals surface area contributed by atoms with Crippen LogP contribution in [0.4, 0.5) is 27.5 Å². The van der Waals surface area contributed by atoms with Gasteiger partial charge in [-0.2, -0.15) is 0 Å². The minimum atomic E-state index is -0.502. The largest absolute Gasteiger partial charge is 0.388 e. The summed E-state index contributed by atoms with van der Waals surface area (Å²) in [5.74, 6) is 3.73. The molecule has 0 saturated heterocycles. The Bertz CT molecular complexity index is 1560. The van der Waals surface area contributed by atoms with Crippen molar-refractivity contribution >= 4 is 52.8 Å². The SMILES string of the molecule is C#CCNC(=O)c1cc(NC=O)cc(NC(=O)Nc2ccc(C3=NCCN3)cc2)c1.CC.CCN.CNc1ccc(C2=NCCN2)cc1. The summed E-state index contributed by atoms with van der Waals surface area (Å²) in [6.07, 6.45) is 5.63. The third kappa shape index (κ3) is 12.9. The second-order valence-corrected chi connectivity index (χ2v) is 9.65. The molecule has 2 heterocycles. The number of urea groups is 1. The van der Waals surface area contributed by atoms with E-state index < -0.39 is 11.9 Å². The molecule has 0 radical (unpaired) electrons. The van der Waals surface area contributed by atoms with Crippen molar-refractivity contribution in [1.82, 2.24) is 16.0 Å². The molecule has 3 aromatic carbocycles. The molecule has 2 aliphatic heterocycles. The molecule has 0 fully saturated rings. The molecule has 4 amide bonds. The molecule has 0 atom stereocenters. The number of carbonyl (C=O) groups is 3. The van der Waals surface area contributed by atoms with Crippen molar-refractivity contribution in [3.63, 3.8) is 0 Å². The van der Waals surface area contributed by atoms with Gasteiger partial charge < -0.3 is 43.0 Å². The van der Waals surface area contributed by atoms with E-state index in [9.17, 15) is 14.4 Å². The lowest BCUT2D eigenvalue weighted by atomic mass is 10.1. The number of benzene rings is 3. The van der Waals surface area contributed by atoms with Crippen LogP contribution < -0.4 is 43.0 Å². The van der Waals surface area contributed by atoms with Crippen molar-refractivity contribution in [2.45, 2.75) is 20.8 Å². The molecule has 0 bridgehead atoms. The number of terminal acetylenes is 1. The van der Waals surface area contributed by atoms with Crippen molar-refractivity contribution in [3.8, 4) is 12.3 Å².